The fraction of sp³-hybridized carbons (Fsp3) is 0.714. The zero-order valence-electron chi connectivity index (χ0n) is 15.8. The highest BCUT2D eigenvalue weighted by Crippen LogP contribution is 2.39. The molecule has 26 heavy (non-hydrogen) atoms. The standard InChI is InChI=1S/C21H30F2O3/c1-3-4-14-11-25-21(26-12-14)16-7-5-15(6-8-16)17-9-19(22)18(13-24-2)20(23)10-17/h9-10,14-16,21H,3-8,11-13H2,1-2H3/t14-,15-,16-,21-. The van der Waals surface area contributed by atoms with E-state index in [1.165, 1.54) is 19.2 Å². The molecule has 1 aliphatic carbocycles. The lowest BCUT2D eigenvalue weighted by Crippen LogP contribution is -2.38. The van der Waals surface area contributed by atoms with E-state index in [1.807, 2.05) is 0 Å². The maximum atomic E-state index is 14.2. The number of rotatable bonds is 6. The molecule has 1 aliphatic heterocycles. The minimum Gasteiger partial charge on any atom is -0.380 e. The van der Waals surface area contributed by atoms with Crippen molar-refractivity contribution in [2.45, 2.75) is 64.3 Å². The Hall–Kier alpha value is -1.04. The highest BCUT2D eigenvalue weighted by molar-refractivity contribution is 5.28. The molecule has 1 heterocycles. The molecule has 3 rings (SSSR count). The van der Waals surface area contributed by atoms with Crippen LogP contribution in [0.5, 0.6) is 0 Å². The zero-order valence-corrected chi connectivity index (χ0v) is 15.8. The van der Waals surface area contributed by atoms with Crippen LogP contribution < -0.4 is 0 Å². The number of methoxy groups -OCH3 is 1. The van der Waals surface area contributed by atoms with E-state index in [1.54, 1.807) is 0 Å². The molecule has 5 heteroatoms. The third kappa shape index (κ3) is 4.62. The Morgan fingerprint density at radius 2 is 1.65 bits per heavy atom. The van der Waals surface area contributed by atoms with Crippen molar-refractivity contribution in [1.82, 2.24) is 0 Å². The summed E-state index contributed by atoms with van der Waals surface area (Å²) in [5.74, 6) is 0.0819. The maximum Gasteiger partial charge on any atom is 0.160 e. The summed E-state index contributed by atoms with van der Waals surface area (Å²) in [6, 6.07) is 2.96. The smallest absolute Gasteiger partial charge is 0.160 e. The lowest BCUT2D eigenvalue weighted by atomic mass is 9.78. The van der Waals surface area contributed by atoms with Crippen LogP contribution in [0.25, 0.3) is 0 Å². The minimum atomic E-state index is -0.509. The van der Waals surface area contributed by atoms with Crippen molar-refractivity contribution >= 4 is 0 Å². The van der Waals surface area contributed by atoms with Gasteiger partial charge in [0.1, 0.15) is 11.6 Å². The third-order valence-corrected chi connectivity index (χ3v) is 5.77. The van der Waals surface area contributed by atoms with Crippen LogP contribution in [0.2, 0.25) is 0 Å². The molecule has 146 valence electrons. The second-order valence-corrected chi connectivity index (χ2v) is 7.70. The molecule has 0 radical (unpaired) electrons. The molecule has 3 nitrogen and oxygen atoms in total. The van der Waals surface area contributed by atoms with Gasteiger partial charge in [0.25, 0.3) is 0 Å². The molecule has 2 aliphatic rings. The van der Waals surface area contributed by atoms with Gasteiger partial charge in [-0.05, 0) is 55.7 Å². The third-order valence-electron chi connectivity index (χ3n) is 5.77. The average molecular weight is 368 g/mol. The fourth-order valence-electron chi connectivity index (χ4n) is 4.27. The topological polar surface area (TPSA) is 27.7 Å². The van der Waals surface area contributed by atoms with Gasteiger partial charge in [-0.15, -0.1) is 0 Å². The highest BCUT2D eigenvalue weighted by Gasteiger charge is 2.33. The summed E-state index contributed by atoms with van der Waals surface area (Å²) >= 11 is 0. The Kier molecular flexibility index (Phi) is 7.01. The van der Waals surface area contributed by atoms with Crippen LogP contribution in [0, 0.1) is 23.5 Å². The molecule has 0 spiro atoms. The Bertz CT molecular complexity index is 554. The Morgan fingerprint density at radius 1 is 1.04 bits per heavy atom. The number of hydrogen-bond acceptors (Lipinski definition) is 3. The van der Waals surface area contributed by atoms with Gasteiger partial charge in [-0.1, -0.05) is 13.3 Å². The van der Waals surface area contributed by atoms with Gasteiger partial charge in [0.15, 0.2) is 6.29 Å². The first-order chi connectivity index (χ1) is 12.6. The van der Waals surface area contributed by atoms with Crippen molar-refractivity contribution in [1.29, 1.82) is 0 Å². The molecule has 0 amide bonds. The first-order valence-electron chi connectivity index (χ1n) is 9.82. The average Bonchev–Trinajstić information content (AvgIpc) is 2.66. The number of ether oxygens (including phenoxy) is 3. The van der Waals surface area contributed by atoms with E-state index in [4.69, 9.17) is 14.2 Å². The van der Waals surface area contributed by atoms with E-state index in [9.17, 15) is 8.78 Å². The van der Waals surface area contributed by atoms with E-state index in [-0.39, 0.29) is 24.4 Å². The second-order valence-electron chi connectivity index (χ2n) is 7.70. The fourth-order valence-corrected chi connectivity index (χ4v) is 4.27. The van der Waals surface area contributed by atoms with Gasteiger partial charge in [0.2, 0.25) is 0 Å². The number of benzene rings is 1. The van der Waals surface area contributed by atoms with Crippen LogP contribution in [0.1, 0.15) is 62.5 Å². The van der Waals surface area contributed by atoms with Gasteiger partial charge in [0, 0.05) is 24.5 Å². The molecule has 2 fully saturated rings. The SMILES string of the molecule is CCC[C@H]1CO[C@H]([C@H]2CC[C@H](c3cc(F)c(COC)c(F)c3)CC2)OC1. The van der Waals surface area contributed by atoms with E-state index >= 15 is 0 Å². The molecule has 1 saturated carbocycles. The summed E-state index contributed by atoms with van der Waals surface area (Å²) in [5.41, 5.74) is 0.766. The van der Waals surface area contributed by atoms with Crippen molar-refractivity contribution in [2.24, 2.45) is 11.8 Å². The van der Waals surface area contributed by atoms with Crippen LogP contribution in [0.4, 0.5) is 8.78 Å². The first-order valence-corrected chi connectivity index (χ1v) is 9.82. The molecule has 1 aromatic rings. The Labute approximate surface area is 155 Å². The van der Waals surface area contributed by atoms with Gasteiger partial charge in [-0.3, -0.25) is 0 Å². The lowest BCUT2D eigenvalue weighted by molar-refractivity contribution is -0.229. The Balaban J connectivity index is 1.54. The predicted molar refractivity (Wildman–Crippen MR) is 95.9 cm³/mol. The zero-order chi connectivity index (χ0) is 18.5. The molecule has 1 aromatic carbocycles. The van der Waals surface area contributed by atoms with Gasteiger partial charge < -0.3 is 14.2 Å². The van der Waals surface area contributed by atoms with E-state index in [0.717, 1.165) is 57.3 Å². The van der Waals surface area contributed by atoms with Crippen molar-refractivity contribution in [3.8, 4) is 0 Å². The minimum absolute atomic E-state index is 0.00979. The monoisotopic (exact) mass is 368 g/mol. The van der Waals surface area contributed by atoms with Crippen LogP contribution in [0.15, 0.2) is 12.1 Å². The van der Waals surface area contributed by atoms with Crippen molar-refractivity contribution < 1.29 is 23.0 Å². The summed E-state index contributed by atoms with van der Waals surface area (Å²) in [6.45, 7) is 3.71. The summed E-state index contributed by atoms with van der Waals surface area (Å²) in [6.07, 6.45) is 5.96. The van der Waals surface area contributed by atoms with Crippen molar-refractivity contribution in [2.75, 3.05) is 20.3 Å². The lowest BCUT2D eigenvalue weighted by Gasteiger charge is -2.37. The molecule has 0 unspecified atom stereocenters. The van der Waals surface area contributed by atoms with Crippen LogP contribution in [0.3, 0.4) is 0 Å². The quantitative estimate of drug-likeness (QED) is 0.693. The van der Waals surface area contributed by atoms with E-state index < -0.39 is 11.6 Å². The molecule has 1 saturated heterocycles. The van der Waals surface area contributed by atoms with Gasteiger partial charge >= 0.3 is 0 Å². The molecular formula is C21H30F2O3. The molecule has 0 bridgehead atoms. The highest BCUT2D eigenvalue weighted by atomic mass is 19.1. The summed E-state index contributed by atoms with van der Waals surface area (Å²) < 4.78 is 45.1. The molecule has 0 N–H and O–H groups in total. The second kappa shape index (κ2) is 9.25. The molecule has 0 atom stereocenters. The summed E-state index contributed by atoms with van der Waals surface area (Å²) in [4.78, 5) is 0. The van der Waals surface area contributed by atoms with Gasteiger partial charge in [0.05, 0.1) is 19.8 Å². The maximum absolute atomic E-state index is 14.2. The number of hydrogen-bond donors (Lipinski definition) is 0. The summed E-state index contributed by atoms with van der Waals surface area (Å²) in [7, 11) is 1.44. The number of halogens is 2. The molecular weight excluding hydrogens is 338 g/mol. The first kappa shape index (κ1) is 19.7. The van der Waals surface area contributed by atoms with E-state index in [2.05, 4.69) is 6.92 Å². The van der Waals surface area contributed by atoms with Crippen LogP contribution >= 0.6 is 0 Å². The largest absolute Gasteiger partial charge is 0.380 e. The van der Waals surface area contributed by atoms with Crippen molar-refractivity contribution in [3.05, 3.63) is 34.9 Å². The predicted octanol–water partition coefficient (Wildman–Crippen LogP) is 5.17. The van der Waals surface area contributed by atoms with Gasteiger partial charge in [-0.25, -0.2) is 8.78 Å². The van der Waals surface area contributed by atoms with E-state index in [0.29, 0.717) is 11.8 Å². The van der Waals surface area contributed by atoms with Crippen LogP contribution in [-0.2, 0) is 20.8 Å². The van der Waals surface area contributed by atoms with Gasteiger partial charge in [-0.2, -0.15) is 0 Å². The summed E-state index contributed by atoms with van der Waals surface area (Å²) in [5, 5.41) is 0. The van der Waals surface area contributed by atoms with Crippen LogP contribution in [-0.4, -0.2) is 26.6 Å². The van der Waals surface area contributed by atoms with Crippen molar-refractivity contribution in [3.63, 3.8) is 0 Å². The normalized spacial score (nSPS) is 29.7. The molecule has 0 aromatic heterocycles. The Morgan fingerprint density at radius 3 is 2.19 bits per heavy atom.